The SMILES string of the molecule is COc1ccc(C(CNC(=O)CCOc2cccc(Cl)c2Cl)N2CCOCC2)cc1. The van der Waals surface area contributed by atoms with E-state index in [1.165, 1.54) is 0 Å². The van der Waals surface area contributed by atoms with Gasteiger partial charge in [0.15, 0.2) is 0 Å². The normalized spacial score (nSPS) is 15.4. The van der Waals surface area contributed by atoms with Gasteiger partial charge >= 0.3 is 0 Å². The molecule has 2 aromatic carbocycles. The largest absolute Gasteiger partial charge is 0.497 e. The van der Waals surface area contributed by atoms with Crippen LogP contribution in [0.3, 0.4) is 0 Å². The number of carbonyl (C=O) groups is 1. The topological polar surface area (TPSA) is 60.0 Å². The Labute approximate surface area is 187 Å². The van der Waals surface area contributed by atoms with E-state index in [1.807, 2.05) is 24.3 Å². The van der Waals surface area contributed by atoms with Crippen molar-refractivity contribution in [1.82, 2.24) is 10.2 Å². The van der Waals surface area contributed by atoms with Crippen LogP contribution in [-0.4, -0.2) is 57.4 Å². The minimum Gasteiger partial charge on any atom is -0.497 e. The van der Waals surface area contributed by atoms with Crippen molar-refractivity contribution in [2.75, 3.05) is 46.6 Å². The predicted molar refractivity (Wildman–Crippen MR) is 118 cm³/mol. The molecule has 2 aromatic rings. The number of hydrogen-bond donors (Lipinski definition) is 1. The summed E-state index contributed by atoms with van der Waals surface area (Å²) in [5.74, 6) is 1.20. The lowest BCUT2D eigenvalue weighted by atomic mass is 10.0. The maximum atomic E-state index is 12.4. The number of nitrogens with one attached hydrogen (secondary N) is 1. The van der Waals surface area contributed by atoms with Gasteiger partial charge in [-0.1, -0.05) is 41.4 Å². The van der Waals surface area contributed by atoms with Gasteiger partial charge < -0.3 is 19.5 Å². The lowest BCUT2D eigenvalue weighted by Crippen LogP contribution is -2.44. The third-order valence-corrected chi connectivity index (χ3v) is 5.78. The molecule has 162 valence electrons. The molecule has 30 heavy (non-hydrogen) atoms. The molecule has 1 saturated heterocycles. The molecule has 1 amide bonds. The molecule has 1 unspecified atom stereocenters. The van der Waals surface area contributed by atoms with E-state index in [2.05, 4.69) is 10.2 Å². The number of ether oxygens (including phenoxy) is 3. The molecule has 0 aromatic heterocycles. The summed E-state index contributed by atoms with van der Waals surface area (Å²) >= 11 is 12.1. The quantitative estimate of drug-likeness (QED) is 0.623. The molecule has 0 radical (unpaired) electrons. The second kappa shape index (κ2) is 11.4. The summed E-state index contributed by atoms with van der Waals surface area (Å²) in [6, 6.07) is 13.2. The second-order valence-corrected chi connectivity index (χ2v) is 7.68. The number of benzene rings is 2. The zero-order valence-electron chi connectivity index (χ0n) is 16.9. The Morgan fingerprint density at radius 3 is 2.60 bits per heavy atom. The highest BCUT2D eigenvalue weighted by Gasteiger charge is 2.23. The van der Waals surface area contributed by atoms with Crippen LogP contribution < -0.4 is 14.8 Å². The van der Waals surface area contributed by atoms with Crippen LogP contribution in [0.2, 0.25) is 10.0 Å². The monoisotopic (exact) mass is 452 g/mol. The highest BCUT2D eigenvalue weighted by Crippen LogP contribution is 2.31. The van der Waals surface area contributed by atoms with Crippen LogP contribution in [0.5, 0.6) is 11.5 Å². The van der Waals surface area contributed by atoms with E-state index in [0.29, 0.717) is 35.6 Å². The van der Waals surface area contributed by atoms with Gasteiger partial charge in [0.1, 0.15) is 16.5 Å². The van der Waals surface area contributed by atoms with Gasteiger partial charge in [-0.15, -0.1) is 0 Å². The van der Waals surface area contributed by atoms with Crippen LogP contribution in [0.4, 0.5) is 0 Å². The highest BCUT2D eigenvalue weighted by atomic mass is 35.5. The molecule has 3 rings (SSSR count). The van der Waals surface area contributed by atoms with Gasteiger partial charge in [0.05, 0.1) is 44.4 Å². The molecule has 8 heteroatoms. The van der Waals surface area contributed by atoms with Crippen molar-refractivity contribution in [2.45, 2.75) is 12.5 Å². The average Bonchev–Trinajstić information content (AvgIpc) is 2.78. The molecular formula is C22H26Cl2N2O4. The summed E-state index contributed by atoms with van der Waals surface area (Å²) < 4.78 is 16.3. The van der Waals surface area contributed by atoms with E-state index < -0.39 is 0 Å². The summed E-state index contributed by atoms with van der Waals surface area (Å²) in [5, 5.41) is 3.80. The van der Waals surface area contributed by atoms with Crippen LogP contribution in [0.25, 0.3) is 0 Å². The maximum absolute atomic E-state index is 12.4. The third kappa shape index (κ3) is 6.25. The Kier molecular flexibility index (Phi) is 8.63. The van der Waals surface area contributed by atoms with Gasteiger partial charge in [-0.3, -0.25) is 9.69 Å². The lowest BCUT2D eigenvalue weighted by molar-refractivity contribution is -0.121. The third-order valence-electron chi connectivity index (χ3n) is 4.98. The molecule has 0 spiro atoms. The van der Waals surface area contributed by atoms with Crippen molar-refractivity contribution >= 4 is 29.1 Å². The molecule has 1 atom stereocenters. The van der Waals surface area contributed by atoms with Crippen molar-refractivity contribution < 1.29 is 19.0 Å². The molecule has 1 fully saturated rings. The zero-order valence-corrected chi connectivity index (χ0v) is 18.4. The van der Waals surface area contributed by atoms with E-state index in [-0.39, 0.29) is 25.0 Å². The van der Waals surface area contributed by atoms with E-state index in [9.17, 15) is 4.79 Å². The molecule has 0 saturated carbocycles. The van der Waals surface area contributed by atoms with Gasteiger partial charge in [-0.05, 0) is 29.8 Å². The summed E-state index contributed by atoms with van der Waals surface area (Å²) in [4.78, 5) is 14.7. The molecule has 6 nitrogen and oxygen atoms in total. The number of halogens is 2. The maximum Gasteiger partial charge on any atom is 0.223 e. The second-order valence-electron chi connectivity index (χ2n) is 6.89. The summed E-state index contributed by atoms with van der Waals surface area (Å²) in [5.41, 5.74) is 1.12. The zero-order chi connectivity index (χ0) is 21.3. The molecule has 0 aliphatic carbocycles. The molecule has 1 aliphatic rings. The van der Waals surface area contributed by atoms with E-state index in [4.69, 9.17) is 37.4 Å². The summed E-state index contributed by atoms with van der Waals surface area (Å²) in [6.07, 6.45) is 0.223. The first kappa shape index (κ1) is 22.7. The fourth-order valence-electron chi connectivity index (χ4n) is 3.32. The Balaban J connectivity index is 1.54. The van der Waals surface area contributed by atoms with Gasteiger partial charge in [0.2, 0.25) is 5.91 Å². The van der Waals surface area contributed by atoms with Crippen LogP contribution in [0, 0.1) is 0 Å². The molecule has 0 bridgehead atoms. The minimum absolute atomic E-state index is 0.0621. The first-order valence-corrected chi connectivity index (χ1v) is 10.6. The van der Waals surface area contributed by atoms with Gasteiger partial charge in [-0.2, -0.15) is 0 Å². The van der Waals surface area contributed by atoms with Crippen molar-refractivity contribution in [2.24, 2.45) is 0 Å². The number of nitrogens with zero attached hydrogens (tertiary/aromatic N) is 1. The van der Waals surface area contributed by atoms with Crippen LogP contribution in [0.1, 0.15) is 18.0 Å². The fourth-order valence-corrected chi connectivity index (χ4v) is 3.67. The Bertz CT molecular complexity index is 826. The first-order valence-electron chi connectivity index (χ1n) is 9.87. The van der Waals surface area contributed by atoms with Crippen LogP contribution in [-0.2, 0) is 9.53 Å². The molecule has 1 N–H and O–H groups in total. The predicted octanol–water partition coefficient (Wildman–Crippen LogP) is 3.96. The first-order chi connectivity index (χ1) is 14.6. The van der Waals surface area contributed by atoms with Crippen LogP contribution >= 0.6 is 23.2 Å². The van der Waals surface area contributed by atoms with Crippen molar-refractivity contribution in [1.29, 1.82) is 0 Å². The van der Waals surface area contributed by atoms with Crippen molar-refractivity contribution in [3.8, 4) is 11.5 Å². The van der Waals surface area contributed by atoms with E-state index >= 15 is 0 Å². The Morgan fingerprint density at radius 1 is 1.17 bits per heavy atom. The average molecular weight is 453 g/mol. The molecule has 1 aliphatic heterocycles. The van der Waals surface area contributed by atoms with Gasteiger partial charge in [0, 0.05) is 19.6 Å². The van der Waals surface area contributed by atoms with Crippen LogP contribution in [0.15, 0.2) is 42.5 Å². The molecule has 1 heterocycles. The summed E-state index contributed by atoms with van der Waals surface area (Å²) in [7, 11) is 1.65. The Hall–Kier alpha value is -1.99. The standard InChI is InChI=1S/C22H26Cl2N2O4/c1-28-17-7-5-16(6-8-17)19(26-10-13-29-14-11-26)15-25-21(27)9-12-30-20-4-2-3-18(23)22(20)24/h2-8,19H,9-15H2,1H3,(H,25,27). The van der Waals surface area contributed by atoms with E-state index in [0.717, 1.165) is 24.4 Å². The minimum atomic E-state index is -0.0834. The highest BCUT2D eigenvalue weighted by molar-refractivity contribution is 6.42. The van der Waals surface area contributed by atoms with Gasteiger partial charge in [-0.25, -0.2) is 0 Å². The molecular weight excluding hydrogens is 427 g/mol. The van der Waals surface area contributed by atoms with Crippen molar-refractivity contribution in [3.05, 3.63) is 58.1 Å². The lowest BCUT2D eigenvalue weighted by Gasteiger charge is -2.35. The number of methoxy groups -OCH3 is 1. The number of rotatable bonds is 9. The van der Waals surface area contributed by atoms with Gasteiger partial charge in [0.25, 0.3) is 0 Å². The number of carbonyl (C=O) groups excluding carboxylic acids is 1. The van der Waals surface area contributed by atoms with Crippen molar-refractivity contribution in [3.63, 3.8) is 0 Å². The smallest absolute Gasteiger partial charge is 0.223 e. The fraction of sp³-hybridized carbons (Fsp3) is 0.409. The number of morpholine rings is 1. The Morgan fingerprint density at radius 2 is 1.90 bits per heavy atom. The number of amides is 1. The summed E-state index contributed by atoms with van der Waals surface area (Å²) in [6.45, 7) is 3.75. The van der Waals surface area contributed by atoms with E-state index in [1.54, 1.807) is 25.3 Å². The number of hydrogen-bond acceptors (Lipinski definition) is 5.